The maximum absolute atomic E-state index is 11.0. The fourth-order valence-electron chi connectivity index (χ4n) is 1.34. The number of nitriles is 1. The highest BCUT2D eigenvalue weighted by molar-refractivity contribution is 7.98. The second kappa shape index (κ2) is 5.97. The van der Waals surface area contributed by atoms with E-state index in [4.69, 9.17) is 11.0 Å². The molecule has 1 aromatic carbocycles. The largest absolute Gasteiger partial charge is 0.365 e. The lowest BCUT2D eigenvalue weighted by Crippen LogP contribution is -2.16. The number of thioether (sulfide) groups is 1. The zero-order chi connectivity index (χ0) is 12.8. The van der Waals surface area contributed by atoms with Crippen LogP contribution < -0.4 is 11.1 Å². The topological polar surface area (TPSA) is 78.9 Å². The van der Waals surface area contributed by atoms with Crippen LogP contribution in [0.5, 0.6) is 0 Å². The first kappa shape index (κ1) is 13.1. The Morgan fingerprint density at radius 2 is 2.12 bits per heavy atom. The van der Waals surface area contributed by atoms with Gasteiger partial charge in [0.1, 0.15) is 11.6 Å². The smallest absolute Gasteiger partial charge is 0.261 e. The number of primary amides is 1. The predicted octanol–water partition coefficient (Wildman–Crippen LogP) is 2.10. The summed E-state index contributed by atoms with van der Waals surface area (Å²) in [5, 5.41) is 11.8. The van der Waals surface area contributed by atoms with Gasteiger partial charge >= 0.3 is 0 Å². The van der Waals surface area contributed by atoms with Crippen LogP contribution in [0.1, 0.15) is 6.92 Å². The molecule has 1 aromatic rings. The first-order chi connectivity index (χ1) is 8.10. The van der Waals surface area contributed by atoms with E-state index in [1.807, 2.05) is 30.5 Å². The summed E-state index contributed by atoms with van der Waals surface area (Å²) in [4.78, 5) is 12.0. The zero-order valence-electron chi connectivity index (χ0n) is 9.65. The molecule has 0 aliphatic heterocycles. The standard InChI is InChI=1S/C12H13N3OS/c1-8(9(7-13)12(14)16)15-10-5-3-4-6-11(10)17-2/h3-6,15H,1-2H3,(H2,14,16)/b9-8-. The quantitative estimate of drug-likeness (QED) is 0.485. The van der Waals surface area contributed by atoms with E-state index in [0.29, 0.717) is 5.70 Å². The minimum atomic E-state index is -0.723. The summed E-state index contributed by atoms with van der Waals surface area (Å²) in [6, 6.07) is 9.44. The fourth-order valence-corrected chi connectivity index (χ4v) is 1.89. The number of carbonyl (C=O) groups excluding carboxylic acids is 1. The van der Waals surface area contributed by atoms with Gasteiger partial charge in [0, 0.05) is 10.6 Å². The number of para-hydroxylation sites is 1. The molecule has 1 rings (SSSR count). The number of rotatable bonds is 4. The van der Waals surface area contributed by atoms with Crippen molar-refractivity contribution in [1.29, 1.82) is 5.26 Å². The molecule has 0 saturated carbocycles. The summed E-state index contributed by atoms with van der Waals surface area (Å²) < 4.78 is 0. The van der Waals surface area contributed by atoms with Crippen LogP contribution in [-0.4, -0.2) is 12.2 Å². The number of benzene rings is 1. The summed E-state index contributed by atoms with van der Waals surface area (Å²) in [7, 11) is 0. The minimum Gasteiger partial charge on any atom is -0.365 e. The van der Waals surface area contributed by atoms with Crippen LogP contribution >= 0.6 is 11.8 Å². The van der Waals surface area contributed by atoms with E-state index >= 15 is 0 Å². The number of hydrogen-bond donors (Lipinski definition) is 2. The Hall–Kier alpha value is -1.93. The van der Waals surface area contributed by atoms with Gasteiger partial charge in [-0.25, -0.2) is 0 Å². The van der Waals surface area contributed by atoms with Crippen LogP contribution in [0, 0.1) is 11.3 Å². The summed E-state index contributed by atoms with van der Waals surface area (Å²) in [5.41, 5.74) is 6.37. The van der Waals surface area contributed by atoms with Gasteiger partial charge in [0.25, 0.3) is 5.91 Å². The third-order valence-electron chi connectivity index (χ3n) is 2.16. The number of allylic oxidation sites excluding steroid dienone is 1. The van der Waals surface area contributed by atoms with E-state index in [2.05, 4.69) is 5.32 Å². The number of nitrogens with one attached hydrogen (secondary N) is 1. The Balaban J connectivity index is 3.07. The minimum absolute atomic E-state index is 0.0547. The molecule has 88 valence electrons. The molecule has 0 heterocycles. The van der Waals surface area contributed by atoms with Gasteiger partial charge in [-0.3, -0.25) is 4.79 Å². The zero-order valence-corrected chi connectivity index (χ0v) is 10.5. The highest BCUT2D eigenvalue weighted by Crippen LogP contribution is 2.26. The predicted molar refractivity (Wildman–Crippen MR) is 69.4 cm³/mol. The van der Waals surface area contributed by atoms with E-state index in [-0.39, 0.29) is 5.57 Å². The summed E-state index contributed by atoms with van der Waals surface area (Å²) in [5.74, 6) is -0.723. The molecule has 0 fully saturated rings. The number of carbonyl (C=O) groups is 1. The van der Waals surface area contributed by atoms with Gasteiger partial charge in [-0.1, -0.05) is 12.1 Å². The van der Waals surface area contributed by atoms with Crippen LogP contribution in [0.4, 0.5) is 5.69 Å². The maximum atomic E-state index is 11.0. The fraction of sp³-hybridized carbons (Fsp3) is 0.167. The highest BCUT2D eigenvalue weighted by Gasteiger charge is 2.09. The first-order valence-corrected chi connectivity index (χ1v) is 6.13. The molecular weight excluding hydrogens is 234 g/mol. The molecule has 0 aliphatic rings. The van der Waals surface area contributed by atoms with Crippen molar-refractivity contribution >= 4 is 23.4 Å². The van der Waals surface area contributed by atoms with E-state index in [0.717, 1.165) is 10.6 Å². The Kier molecular flexibility index (Phi) is 4.61. The average molecular weight is 247 g/mol. The molecule has 0 atom stereocenters. The number of anilines is 1. The molecule has 0 spiro atoms. The second-order valence-electron chi connectivity index (χ2n) is 3.30. The van der Waals surface area contributed by atoms with Gasteiger partial charge in [-0.15, -0.1) is 11.8 Å². The lowest BCUT2D eigenvalue weighted by atomic mass is 10.2. The van der Waals surface area contributed by atoms with Crippen molar-refractivity contribution in [1.82, 2.24) is 0 Å². The normalized spacial score (nSPS) is 11.4. The highest BCUT2D eigenvalue weighted by atomic mass is 32.2. The molecule has 4 nitrogen and oxygen atoms in total. The molecule has 0 bridgehead atoms. The molecule has 5 heteroatoms. The van der Waals surface area contributed by atoms with Crippen LogP contribution in [0.2, 0.25) is 0 Å². The van der Waals surface area contributed by atoms with Crippen molar-refractivity contribution in [2.24, 2.45) is 5.73 Å². The molecule has 3 N–H and O–H groups in total. The van der Waals surface area contributed by atoms with Crippen LogP contribution in [0.25, 0.3) is 0 Å². The number of amides is 1. The Morgan fingerprint density at radius 3 is 2.65 bits per heavy atom. The van der Waals surface area contributed by atoms with E-state index in [1.165, 1.54) is 0 Å². The molecular formula is C12H13N3OS. The van der Waals surface area contributed by atoms with Gasteiger partial charge in [0.2, 0.25) is 0 Å². The Morgan fingerprint density at radius 1 is 1.47 bits per heavy atom. The van der Waals surface area contributed by atoms with Crippen molar-refractivity contribution < 1.29 is 4.79 Å². The van der Waals surface area contributed by atoms with Gasteiger partial charge in [-0.2, -0.15) is 5.26 Å². The lowest BCUT2D eigenvalue weighted by Gasteiger charge is -2.11. The number of hydrogen-bond acceptors (Lipinski definition) is 4. The molecule has 17 heavy (non-hydrogen) atoms. The second-order valence-corrected chi connectivity index (χ2v) is 4.15. The molecule has 0 unspecified atom stereocenters. The van der Waals surface area contributed by atoms with Crippen molar-refractivity contribution in [3.8, 4) is 6.07 Å². The van der Waals surface area contributed by atoms with Gasteiger partial charge in [-0.05, 0) is 25.3 Å². The van der Waals surface area contributed by atoms with Crippen molar-refractivity contribution in [2.75, 3.05) is 11.6 Å². The summed E-state index contributed by atoms with van der Waals surface area (Å²) in [6.07, 6.45) is 1.96. The Bertz CT molecular complexity index is 503. The van der Waals surface area contributed by atoms with Crippen molar-refractivity contribution in [2.45, 2.75) is 11.8 Å². The maximum Gasteiger partial charge on any atom is 0.261 e. The van der Waals surface area contributed by atoms with E-state index in [1.54, 1.807) is 24.8 Å². The molecule has 0 radical (unpaired) electrons. The van der Waals surface area contributed by atoms with Crippen LogP contribution in [0.3, 0.4) is 0 Å². The third-order valence-corrected chi connectivity index (χ3v) is 2.96. The number of nitrogens with zero attached hydrogens (tertiary/aromatic N) is 1. The average Bonchev–Trinajstić information content (AvgIpc) is 2.30. The third kappa shape index (κ3) is 3.26. The van der Waals surface area contributed by atoms with Crippen LogP contribution in [-0.2, 0) is 4.79 Å². The van der Waals surface area contributed by atoms with Crippen molar-refractivity contribution in [3.05, 3.63) is 35.5 Å². The SMILES string of the molecule is CSc1ccccc1N/C(C)=C(/C#N)C(N)=O. The van der Waals surface area contributed by atoms with Gasteiger partial charge in [0.15, 0.2) is 0 Å². The van der Waals surface area contributed by atoms with Crippen molar-refractivity contribution in [3.63, 3.8) is 0 Å². The summed E-state index contributed by atoms with van der Waals surface area (Å²) >= 11 is 1.58. The number of nitrogens with two attached hydrogens (primary N) is 1. The Labute approximate surface area is 104 Å². The monoisotopic (exact) mass is 247 g/mol. The molecule has 0 aliphatic carbocycles. The van der Waals surface area contributed by atoms with E-state index in [9.17, 15) is 4.79 Å². The molecule has 0 aromatic heterocycles. The van der Waals surface area contributed by atoms with E-state index < -0.39 is 5.91 Å². The van der Waals surface area contributed by atoms with Crippen LogP contribution in [0.15, 0.2) is 40.4 Å². The molecule has 0 saturated heterocycles. The summed E-state index contributed by atoms with van der Waals surface area (Å²) in [6.45, 7) is 1.65. The van der Waals surface area contributed by atoms with Gasteiger partial charge < -0.3 is 11.1 Å². The molecule has 1 amide bonds. The lowest BCUT2D eigenvalue weighted by molar-refractivity contribution is -0.114. The first-order valence-electron chi connectivity index (χ1n) is 4.91. The van der Waals surface area contributed by atoms with Gasteiger partial charge in [0.05, 0.1) is 5.69 Å².